The summed E-state index contributed by atoms with van der Waals surface area (Å²) in [5.74, 6) is 0.109. The van der Waals surface area contributed by atoms with E-state index in [1.165, 1.54) is 5.56 Å². The molecule has 138 valence electrons. The van der Waals surface area contributed by atoms with E-state index < -0.39 is 0 Å². The van der Waals surface area contributed by atoms with Crippen molar-refractivity contribution < 1.29 is 4.79 Å². The molecular weight excluding hydrogens is 346 g/mol. The van der Waals surface area contributed by atoms with E-state index in [0.29, 0.717) is 13.1 Å². The SMILES string of the molecule is O=C1/C(=C\c2ccncc2)CN(Cc2ccccc2)C/C1=C/c1ccncc1. The van der Waals surface area contributed by atoms with Gasteiger partial charge in [-0.2, -0.15) is 0 Å². The maximum absolute atomic E-state index is 13.1. The molecule has 0 aliphatic carbocycles. The van der Waals surface area contributed by atoms with Gasteiger partial charge in [0.15, 0.2) is 5.78 Å². The van der Waals surface area contributed by atoms with Crippen LogP contribution in [-0.4, -0.2) is 33.7 Å². The number of hydrogen-bond donors (Lipinski definition) is 0. The summed E-state index contributed by atoms with van der Waals surface area (Å²) in [5, 5.41) is 0. The van der Waals surface area contributed by atoms with Crippen LogP contribution in [0.4, 0.5) is 0 Å². The van der Waals surface area contributed by atoms with Gasteiger partial charge in [-0.25, -0.2) is 0 Å². The molecule has 0 unspecified atom stereocenters. The van der Waals surface area contributed by atoms with E-state index in [9.17, 15) is 4.79 Å². The third kappa shape index (κ3) is 4.48. The molecule has 0 bridgehead atoms. The third-order valence-electron chi connectivity index (χ3n) is 4.71. The minimum Gasteiger partial charge on any atom is -0.290 e. The molecule has 3 aromatic rings. The molecule has 3 heterocycles. The van der Waals surface area contributed by atoms with Gasteiger partial charge in [0.05, 0.1) is 0 Å². The lowest BCUT2D eigenvalue weighted by molar-refractivity contribution is -0.113. The summed E-state index contributed by atoms with van der Waals surface area (Å²) in [4.78, 5) is 23.6. The topological polar surface area (TPSA) is 46.1 Å². The average molecular weight is 367 g/mol. The number of likely N-dealkylation sites (tertiary alicyclic amines) is 1. The van der Waals surface area contributed by atoms with Gasteiger partial charge >= 0.3 is 0 Å². The molecule has 28 heavy (non-hydrogen) atoms. The van der Waals surface area contributed by atoms with Crippen LogP contribution in [0.1, 0.15) is 16.7 Å². The number of carbonyl (C=O) groups excluding carboxylic acids is 1. The largest absolute Gasteiger partial charge is 0.290 e. The number of piperidine rings is 1. The molecule has 1 aromatic carbocycles. The average Bonchev–Trinajstić information content (AvgIpc) is 2.74. The van der Waals surface area contributed by atoms with Gasteiger partial charge in [0.1, 0.15) is 0 Å². The summed E-state index contributed by atoms with van der Waals surface area (Å²) in [6.45, 7) is 2.06. The Morgan fingerprint density at radius 2 is 1.25 bits per heavy atom. The molecule has 4 heteroatoms. The van der Waals surface area contributed by atoms with Crippen LogP contribution in [0.15, 0.2) is 90.5 Å². The molecule has 1 saturated heterocycles. The quantitative estimate of drug-likeness (QED) is 0.653. The van der Waals surface area contributed by atoms with Crippen molar-refractivity contribution in [2.24, 2.45) is 0 Å². The highest BCUT2D eigenvalue weighted by molar-refractivity contribution is 6.14. The Kier molecular flexibility index (Phi) is 5.50. The zero-order valence-corrected chi connectivity index (χ0v) is 15.5. The third-order valence-corrected chi connectivity index (χ3v) is 4.71. The van der Waals surface area contributed by atoms with E-state index >= 15 is 0 Å². The first-order valence-electron chi connectivity index (χ1n) is 9.30. The van der Waals surface area contributed by atoms with Crippen molar-refractivity contribution in [2.75, 3.05) is 13.1 Å². The maximum atomic E-state index is 13.1. The molecule has 1 aliphatic rings. The predicted octanol–water partition coefficient (Wildman–Crippen LogP) is 4.03. The number of Topliss-reactive ketones (excluding diaryl/α,β-unsaturated/α-hetero) is 1. The van der Waals surface area contributed by atoms with Gasteiger partial charge in [0, 0.05) is 55.6 Å². The fraction of sp³-hybridized carbons (Fsp3) is 0.125. The van der Waals surface area contributed by atoms with Gasteiger partial charge in [-0.05, 0) is 53.1 Å². The summed E-state index contributed by atoms with van der Waals surface area (Å²) in [7, 11) is 0. The van der Waals surface area contributed by atoms with E-state index in [4.69, 9.17) is 0 Å². The number of rotatable bonds is 4. The van der Waals surface area contributed by atoms with Gasteiger partial charge < -0.3 is 0 Å². The van der Waals surface area contributed by atoms with Gasteiger partial charge in [0.2, 0.25) is 0 Å². The number of nitrogens with zero attached hydrogens (tertiary/aromatic N) is 3. The molecule has 0 spiro atoms. The van der Waals surface area contributed by atoms with Crippen LogP contribution in [0.5, 0.6) is 0 Å². The number of hydrogen-bond acceptors (Lipinski definition) is 4. The Morgan fingerprint density at radius 1 is 0.750 bits per heavy atom. The summed E-state index contributed by atoms with van der Waals surface area (Å²) < 4.78 is 0. The summed E-state index contributed by atoms with van der Waals surface area (Å²) in [6.07, 6.45) is 10.9. The molecule has 4 nitrogen and oxygen atoms in total. The molecular formula is C24H21N3O. The van der Waals surface area contributed by atoms with Crippen LogP contribution in [-0.2, 0) is 11.3 Å². The van der Waals surface area contributed by atoms with E-state index in [-0.39, 0.29) is 5.78 Å². The van der Waals surface area contributed by atoms with E-state index in [2.05, 4.69) is 27.0 Å². The lowest BCUT2D eigenvalue weighted by Gasteiger charge is -2.30. The minimum atomic E-state index is 0.109. The van der Waals surface area contributed by atoms with E-state index in [1.54, 1.807) is 24.8 Å². The number of carbonyl (C=O) groups is 1. The first kappa shape index (κ1) is 18.0. The van der Waals surface area contributed by atoms with Crippen LogP contribution in [0.2, 0.25) is 0 Å². The highest BCUT2D eigenvalue weighted by Gasteiger charge is 2.26. The first-order chi connectivity index (χ1) is 13.8. The molecule has 4 rings (SSSR count). The van der Waals surface area contributed by atoms with Crippen molar-refractivity contribution >= 4 is 17.9 Å². The van der Waals surface area contributed by atoms with Crippen LogP contribution >= 0.6 is 0 Å². The van der Waals surface area contributed by atoms with Gasteiger partial charge in [-0.3, -0.25) is 19.7 Å². The lowest BCUT2D eigenvalue weighted by atomic mass is 9.94. The Hall–Kier alpha value is -3.37. The predicted molar refractivity (Wildman–Crippen MR) is 111 cm³/mol. The molecule has 1 fully saturated rings. The van der Waals surface area contributed by atoms with Crippen LogP contribution in [0.3, 0.4) is 0 Å². The monoisotopic (exact) mass is 367 g/mol. The molecule has 0 amide bonds. The van der Waals surface area contributed by atoms with Gasteiger partial charge in [-0.15, -0.1) is 0 Å². The van der Waals surface area contributed by atoms with Crippen LogP contribution in [0.25, 0.3) is 12.2 Å². The van der Waals surface area contributed by atoms with Crippen molar-refractivity contribution in [3.63, 3.8) is 0 Å². The van der Waals surface area contributed by atoms with Crippen molar-refractivity contribution in [1.82, 2.24) is 14.9 Å². The number of pyridine rings is 2. The molecule has 0 saturated carbocycles. The highest BCUT2D eigenvalue weighted by atomic mass is 16.1. The zero-order chi connectivity index (χ0) is 19.2. The first-order valence-corrected chi connectivity index (χ1v) is 9.30. The van der Waals surface area contributed by atoms with Crippen molar-refractivity contribution in [3.05, 3.63) is 107 Å². The minimum absolute atomic E-state index is 0.109. The second-order valence-corrected chi connectivity index (χ2v) is 6.86. The Morgan fingerprint density at radius 3 is 1.75 bits per heavy atom. The fourth-order valence-electron chi connectivity index (χ4n) is 3.39. The van der Waals surface area contributed by atoms with E-state index in [1.807, 2.05) is 54.6 Å². The van der Waals surface area contributed by atoms with Crippen LogP contribution < -0.4 is 0 Å². The second kappa shape index (κ2) is 8.55. The van der Waals surface area contributed by atoms with E-state index in [0.717, 1.165) is 28.8 Å². The van der Waals surface area contributed by atoms with Gasteiger partial charge in [-0.1, -0.05) is 30.3 Å². The Bertz CT molecular complexity index is 934. The number of aromatic nitrogens is 2. The fourth-order valence-corrected chi connectivity index (χ4v) is 3.39. The summed E-state index contributed by atoms with van der Waals surface area (Å²) >= 11 is 0. The Balaban J connectivity index is 1.66. The maximum Gasteiger partial charge on any atom is 0.187 e. The molecule has 1 aliphatic heterocycles. The van der Waals surface area contributed by atoms with Gasteiger partial charge in [0.25, 0.3) is 0 Å². The molecule has 0 radical (unpaired) electrons. The summed E-state index contributed by atoms with van der Waals surface area (Å²) in [6, 6.07) is 18.0. The van der Waals surface area contributed by atoms with Crippen molar-refractivity contribution in [2.45, 2.75) is 6.54 Å². The Labute approximate surface area is 164 Å². The second-order valence-electron chi connectivity index (χ2n) is 6.86. The number of ketones is 1. The van der Waals surface area contributed by atoms with Crippen molar-refractivity contribution in [3.8, 4) is 0 Å². The molecule has 0 N–H and O–H groups in total. The lowest BCUT2D eigenvalue weighted by Crippen LogP contribution is -2.37. The zero-order valence-electron chi connectivity index (χ0n) is 15.5. The standard InChI is InChI=1S/C24H21N3O/c28-24-22(14-19-6-10-25-11-7-19)17-27(16-21-4-2-1-3-5-21)18-23(24)15-20-8-12-26-13-9-20/h1-15H,16-18H2/b22-14-,23-15-. The number of benzene rings is 1. The molecule has 0 atom stereocenters. The normalized spacial score (nSPS) is 17.9. The molecule has 2 aromatic heterocycles. The highest BCUT2D eigenvalue weighted by Crippen LogP contribution is 2.23. The summed E-state index contributed by atoms with van der Waals surface area (Å²) in [5.41, 5.74) is 4.82. The van der Waals surface area contributed by atoms with Crippen LogP contribution in [0, 0.1) is 0 Å². The van der Waals surface area contributed by atoms with Crippen molar-refractivity contribution in [1.29, 1.82) is 0 Å². The smallest absolute Gasteiger partial charge is 0.187 e.